The summed E-state index contributed by atoms with van der Waals surface area (Å²) in [6.07, 6.45) is 0.465. The van der Waals surface area contributed by atoms with E-state index >= 15 is 0 Å². The van der Waals surface area contributed by atoms with E-state index in [0.29, 0.717) is 23.2 Å². The lowest BCUT2D eigenvalue weighted by molar-refractivity contribution is -0.127. The first-order valence-electron chi connectivity index (χ1n) is 4.79. The van der Waals surface area contributed by atoms with Gasteiger partial charge in [-0.25, -0.2) is 0 Å². The molecule has 3 nitrogen and oxygen atoms in total. The van der Waals surface area contributed by atoms with E-state index in [-0.39, 0.29) is 11.0 Å². The summed E-state index contributed by atoms with van der Waals surface area (Å²) in [4.78, 5) is 24.5. The molecule has 0 aliphatic rings. The standard InChI is InChI=1S/C10H17NO2S2/c1-7(2)5-10(13)11(8(3)14)6-15-9(4)12/h7H,5-6H2,1-4H3. The third-order valence-corrected chi connectivity index (χ3v) is 2.68. The molecule has 0 fully saturated rings. The molecule has 0 aromatic heterocycles. The second-order valence-corrected chi connectivity index (χ2v) is 5.42. The molecule has 0 bridgehead atoms. The zero-order valence-electron chi connectivity index (χ0n) is 9.57. The van der Waals surface area contributed by atoms with Gasteiger partial charge in [0.1, 0.15) is 0 Å². The highest BCUT2D eigenvalue weighted by Gasteiger charge is 2.17. The number of thioether (sulfide) groups is 1. The number of thiocarbonyl (C=S) groups is 1. The van der Waals surface area contributed by atoms with Crippen LogP contribution in [-0.4, -0.2) is 26.8 Å². The van der Waals surface area contributed by atoms with Gasteiger partial charge in [0.2, 0.25) is 5.91 Å². The summed E-state index contributed by atoms with van der Waals surface area (Å²) in [5, 5.41) is -0.00593. The molecule has 0 aromatic carbocycles. The normalized spacial score (nSPS) is 10.2. The molecule has 86 valence electrons. The Hall–Kier alpha value is -0.420. The number of nitrogens with zero attached hydrogens (tertiary/aromatic N) is 1. The minimum atomic E-state index is -0.00810. The third-order valence-electron chi connectivity index (χ3n) is 1.66. The molecule has 0 saturated heterocycles. The van der Waals surface area contributed by atoms with Crippen molar-refractivity contribution in [3.8, 4) is 0 Å². The molecular formula is C10H17NO2S2. The van der Waals surface area contributed by atoms with Gasteiger partial charge in [-0.3, -0.25) is 14.5 Å². The van der Waals surface area contributed by atoms with Crippen LogP contribution >= 0.6 is 24.0 Å². The van der Waals surface area contributed by atoms with Gasteiger partial charge in [0.25, 0.3) is 0 Å². The topological polar surface area (TPSA) is 37.4 Å². The van der Waals surface area contributed by atoms with Crippen LogP contribution in [0, 0.1) is 5.92 Å². The number of hydrogen-bond acceptors (Lipinski definition) is 4. The molecule has 0 radical (unpaired) electrons. The Labute approximate surface area is 101 Å². The minimum Gasteiger partial charge on any atom is -0.296 e. The van der Waals surface area contributed by atoms with Crippen molar-refractivity contribution in [2.24, 2.45) is 5.92 Å². The SMILES string of the molecule is CC(=O)SCN(C(=O)CC(C)C)C(C)=S. The zero-order valence-corrected chi connectivity index (χ0v) is 11.2. The molecule has 0 unspecified atom stereocenters. The fourth-order valence-electron chi connectivity index (χ4n) is 0.953. The molecule has 0 saturated carbocycles. The van der Waals surface area contributed by atoms with E-state index in [4.69, 9.17) is 12.2 Å². The van der Waals surface area contributed by atoms with E-state index in [1.54, 1.807) is 6.92 Å². The largest absolute Gasteiger partial charge is 0.296 e. The zero-order chi connectivity index (χ0) is 12.0. The summed E-state index contributed by atoms with van der Waals surface area (Å²) < 4.78 is 0. The lowest BCUT2D eigenvalue weighted by Gasteiger charge is -2.21. The summed E-state index contributed by atoms with van der Waals surface area (Å²) in [7, 11) is 0. The van der Waals surface area contributed by atoms with Crippen LogP contribution in [0.2, 0.25) is 0 Å². The fraction of sp³-hybridized carbons (Fsp3) is 0.700. The van der Waals surface area contributed by atoms with E-state index in [9.17, 15) is 9.59 Å². The number of carbonyl (C=O) groups is 2. The van der Waals surface area contributed by atoms with Crippen molar-refractivity contribution in [2.75, 3.05) is 5.88 Å². The van der Waals surface area contributed by atoms with Crippen molar-refractivity contribution in [1.82, 2.24) is 4.90 Å². The number of carbonyl (C=O) groups excluding carboxylic acids is 2. The first kappa shape index (κ1) is 14.6. The number of hydrogen-bond donors (Lipinski definition) is 0. The average Bonchev–Trinajstić information content (AvgIpc) is 2.01. The molecule has 0 rings (SSSR count). The summed E-state index contributed by atoms with van der Waals surface area (Å²) >= 11 is 6.08. The highest BCUT2D eigenvalue weighted by atomic mass is 32.2. The van der Waals surface area contributed by atoms with Crippen LogP contribution in [-0.2, 0) is 9.59 Å². The van der Waals surface area contributed by atoms with Crippen LogP contribution in [0.4, 0.5) is 0 Å². The number of rotatable bonds is 4. The average molecular weight is 247 g/mol. The molecule has 0 aliphatic heterocycles. The van der Waals surface area contributed by atoms with Crippen molar-refractivity contribution in [3.63, 3.8) is 0 Å². The quantitative estimate of drug-likeness (QED) is 0.565. The van der Waals surface area contributed by atoms with Gasteiger partial charge in [0.15, 0.2) is 5.12 Å². The predicted octanol–water partition coefficient (Wildman–Crippen LogP) is 2.45. The monoisotopic (exact) mass is 247 g/mol. The molecule has 5 heteroatoms. The summed E-state index contributed by atoms with van der Waals surface area (Å²) in [5.41, 5.74) is 0. The fourth-order valence-corrected chi connectivity index (χ4v) is 1.85. The molecule has 0 spiro atoms. The first-order valence-corrected chi connectivity index (χ1v) is 6.18. The van der Waals surface area contributed by atoms with Gasteiger partial charge in [-0.2, -0.15) is 0 Å². The summed E-state index contributed by atoms with van der Waals surface area (Å²) in [6.45, 7) is 7.14. The van der Waals surface area contributed by atoms with Crippen LogP contribution in [0.15, 0.2) is 0 Å². The minimum absolute atomic E-state index is 0.00593. The molecular weight excluding hydrogens is 230 g/mol. The van der Waals surface area contributed by atoms with Gasteiger partial charge in [-0.1, -0.05) is 37.8 Å². The van der Waals surface area contributed by atoms with Gasteiger partial charge < -0.3 is 0 Å². The lowest BCUT2D eigenvalue weighted by Crippen LogP contribution is -2.34. The molecule has 0 aliphatic carbocycles. The van der Waals surface area contributed by atoms with Crippen molar-refractivity contribution in [3.05, 3.63) is 0 Å². The van der Waals surface area contributed by atoms with Crippen LogP contribution in [0.3, 0.4) is 0 Å². The van der Waals surface area contributed by atoms with E-state index < -0.39 is 0 Å². The van der Waals surface area contributed by atoms with Crippen LogP contribution in [0.5, 0.6) is 0 Å². The Morgan fingerprint density at radius 2 is 1.87 bits per heavy atom. The van der Waals surface area contributed by atoms with Gasteiger partial charge >= 0.3 is 0 Å². The van der Waals surface area contributed by atoms with Gasteiger partial charge in [0.05, 0.1) is 10.9 Å². The smallest absolute Gasteiger partial charge is 0.228 e. The molecule has 15 heavy (non-hydrogen) atoms. The van der Waals surface area contributed by atoms with Crippen molar-refractivity contribution >= 4 is 40.0 Å². The van der Waals surface area contributed by atoms with Crippen molar-refractivity contribution in [2.45, 2.75) is 34.1 Å². The second kappa shape index (κ2) is 6.95. The van der Waals surface area contributed by atoms with E-state index in [1.807, 2.05) is 13.8 Å². The first-order chi connectivity index (χ1) is 6.84. The second-order valence-electron chi connectivity index (χ2n) is 3.70. The molecule has 0 atom stereocenters. The van der Waals surface area contributed by atoms with Crippen LogP contribution in [0.25, 0.3) is 0 Å². The molecule has 0 N–H and O–H groups in total. The van der Waals surface area contributed by atoms with E-state index in [1.165, 1.54) is 11.8 Å². The van der Waals surface area contributed by atoms with Crippen LogP contribution in [0.1, 0.15) is 34.1 Å². The maximum Gasteiger partial charge on any atom is 0.228 e. The highest BCUT2D eigenvalue weighted by molar-refractivity contribution is 8.13. The van der Waals surface area contributed by atoms with Gasteiger partial charge in [0, 0.05) is 13.3 Å². The Kier molecular flexibility index (Phi) is 6.76. The molecule has 0 aromatic rings. The van der Waals surface area contributed by atoms with Gasteiger partial charge in [-0.15, -0.1) is 0 Å². The Morgan fingerprint density at radius 1 is 1.33 bits per heavy atom. The van der Waals surface area contributed by atoms with E-state index in [2.05, 4.69) is 0 Å². The Bertz CT molecular complexity index is 264. The maximum absolute atomic E-state index is 11.7. The highest BCUT2D eigenvalue weighted by Crippen LogP contribution is 2.11. The molecule has 1 amide bonds. The summed E-state index contributed by atoms with van der Waals surface area (Å²) in [6, 6.07) is 0. The number of amides is 1. The predicted molar refractivity (Wildman–Crippen MR) is 67.7 cm³/mol. The Morgan fingerprint density at radius 3 is 2.20 bits per heavy atom. The summed E-state index contributed by atoms with van der Waals surface area (Å²) in [5.74, 6) is 0.624. The lowest BCUT2D eigenvalue weighted by atomic mass is 10.1. The van der Waals surface area contributed by atoms with Gasteiger partial charge in [-0.05, 0) is 12.8 Å². The third kappa shape index (κ3) is 6.62. The Balaban J connectivity index is 4.32. The maximum atomic E-state index is 11.7. The van der Waals surface area contributed by atoms with Crippen molar-refractivity contribution < 1.29 is 9.59 Å². The van der Waals surface area contributed by atoms with Crippen LogP contribution < -0.4 is 0 Å². The van der Waals surface area contributed by atoms with E-state index in [0.717, 1.165) is 11.8 Å². The molecule has 0 heterocycles. The van der Waals surface area contributed by atoms with Crippen molar-refractivity contribution in [1.29, 1.82) is 0 Å².